The monoisotopic (exact) mass is 273 g/mol. The Kier molecular flexibility index (Phi) is 3.57. The Labute approximate surface area is 115 Å². The van der Waals surface area contributed by atoms with Crippen LogP contribution in [0.15, 0.2) is 29.8 Å². The van der Waals surface area contributed by atoms with E-state index >= 15 is 0 Å². The summed E-state index contributed by atoms with van der Waals surface area (Å²) >= 11 is 1.55. The maximum atomic E-state index is 12.2. The maximum Gasteiger partial charge on any atom is 0.251 e. The quantitative estimate of drug-likeness (QED) is 0.895. The van der Waals surface area contributed by atoms with E-state index in [9.17, 15) is 4.79 Å². The van der Waals surface area contributed by atoms with Gasteiger partial charge in [-0.3, -0.25) is 4.79 Å². The molecule has 3 rings (SSSR count). The Hall–Kier alpha value is -1.72. The normalized spacial score (nSPS) is 13.9. The van der Waals surface area contributed by atoms with Crippen molar-refractivity contribution in [3.8, 4) is 0 Å². The van der Waals surface area contributed by atoms with Crippen molar-refractivity contribution < 1.29 is 4.79 Å². The van der Waals surface area contributed by atoms with Crippen molar-refractivity contribution in [2.45, 2.75) is 19.5 Å². The molecule has 0 spiro atoms. The number of rotatable bonds is 3. The predicted molar refractivity (Wildman–Crippen MR) is 75.1 cm³/mol. The summed E-state index contributed by atoms with van der Waals surface area (Å²) in [5, 5.41) is 9.09. The van der Waals surface area contributed by atoms with Crippen LogP contribution >= 0.6 is 11.3 Å². The van der Waals surface area contributed by atoms with Crippen LogP contribution in [-0.4, -0.2) is 17.4 Å². The molecule has 1 aromatic heterocycles. The SMILES string of the molecule is O=C(NCc1nccs1)c1cccc2c1CNCC2. The fourth-order valence-corrected chi connectivity index (χ4v) is 2.87. The number of nitrogens with zero attached hydrogens (tertiary/aromatic N) is 1. The first kappa shape index (κ1) is 12.3. The number of nitrogens with one attached hydrogen (secondary N) is 2. The molecule has 2 N–H and O–H groups in total. The highest BCUT2D eigenvalue weighted by Gasteiger charge is 2.17. The van der Waals surface area contributed by atoms with Crippen molar-refractivity contribution in [2.75, 3.05) is 6.54 Å². The van der Waals surface area contributed by atoms with Crippen LogP contribution in [0.5, 0.6) is 0 Å². The van der Waals surface area contributed by atoms with Crippen LogP contribution in [0.3, 0.4) is 0 Å². The third-order valence-corrected chi connectivity index (χ3v) is 4.05. The summed E-state index contributed by atoms with van der Waals surface area (Å²) in [6.45, 7) is 2.25. The van der Waals surface area contributed by atoms with E-state index < -0.39 is 0 Å². The largest absolute Gasteiger partial charge is 0.346 e. The molecule has 0 radical (unpaired) electrons. The van der Waals surface area contributed by atoms with Gasteiger partial charge in [-0.05, 0) is 30.2 Å². The molecular formula is C14H15N3OS. The van der Waals surface area contributed by atoms with Crippen LogP contribution in [0.25, 0.3) is 0 Å². The highest BCUT2D eigenvalue weighted by Crippen LogP contribution is 2.18. The van der Waals surface area contributed by atoms with E-state index in [-0.39, 0.29) is 5.91 Å². The molecule has 0 saturated heterocycles. The molecule has 1 aliphatic rings. The second-order valence-corrected chi connectivity index (χ2v) is 5.46. The molecule has 1 aromatic carbocycles. The van der Waals surface area contributed by atoms with Crippen LogP contribution in [0.4, 0.5) is 0 Å². The van der Waals surface area contributed by atoms with Crippen LogP contribution in [0.2, 0.25) is 0 Å². The van der Waals surface area contributed by atoms with Gasteiger partial charge < -0.3 is 10.6 Å². The first-order valence-corrected chi connectivity index (χ1v) is 7.20. The molecule has 0 atom stereocenters. The zero-order valence-corrected chi connectivity index (χ0v) is 11.3. The molecule has 1 amide bonds. The second-order valence-electron chi connectivity index (χ2n) is 4.48. The van der Waals surface area contributed by atoms with Crippen molar-refractivity contribution in [3.63, 3.8) is 0 Å². The molecule has 2 heterocycles. The summed E-state index contributed by atoms with van der Waals surface area (Å²) < 4.78 is 0. The van der Waals surface area contributed by atoms with Crippen LogP contribution in [-0.2, 0) is 19.5 Å². The van der Waals surface area contributed by atoms with Crippen molar-refractivity contribution in [1.29, 1.82) is 0 Å². The molecule has 19 heavy (non-hydrogen) atoms. The van der Waals surface area contributed by atoms with Gasteiger partial charge in [-0.15, -0.1) is 11.3 Å². The zero-order valence-electron chi connectivity index (χ0n) is 10.5. The van der Waals surface area contributed by atoms with Gasteiger partial charge in [0.15, 0.2) is 0 Å². The first-order chi connectivity index (χ1) is 9.34. The van der Waals surface area contributed by atoms with Gasteiger partial charge in [0.05, 0.1) is 6.54 Å². The number of thiazole rings is 1. The summed E-state index contributed by atoms with van der Waals surface area (Å²) in [6.07, 6.45) is 2.74. The highest BCUT2D eigenvalue weighted by atomic mass is 32.1. The third kappa shape index (κ3) is 2.67. The van der Waals surface area contributed by atoms with E-state index in [2.05, 4.69) is 21.7 Å². The summed E-state index contributed by atoms with van der Waals surface area (Å²) in [6, 6.07) is 5.96. The van der Waals surface area contributed by atoms with Crippen molar-refractivity contribution >= 4 is 17.2 Å². The number of benzene rings is 1. The number of amides is 1. The first-order valence-electron chi connectivity index (χ1n) is 6.32. The van der Waals surface area contributed by atoms with Crippen molar-refractivity contribution in [2.24, 2.45) is 0 Å². The lowest BCUT2D eigenvalue weighted by molar-refractivity contribution is 0.0949. The number of aromatic nitrogens is 1. The van der Waals surface area contributed by atoms with Gasteiger partial charge in [0, 0.05) is 23.7 Å². The molecule has 98 valence electrons. The average molecular weight is 273 g/mol. The molecule has 0 bridgehead atoms. The molecule has 5 heteroatoms. The predicted octanol–water partition coefficient (Wildman–Crippen LogP) is 1.72. The Morgan fingerprint density at radius 2 is 2.42 bits per heavy atom. The molecule has 4 nitrogen and oxygen atoms in total. The van der Waals surface area contributed by atoms with E-state index in [0.717, 1.165) is 35.6 Å². The molecule has 0 aliphatic carbocycles. The molecule has 0 unspecified atom stereocenters. The Balaban J connectivity index is 1.76. The van der Waals surface area contributed by atoms with Gasteiger partial charge in [-0.25, -0.2) is 4.98 Å². The van der Waals surface area contributed by atoms with Crippen molar-refractivity contribution in [1.82, 2.24) is 15.6 Å². The fraction of sp³-hybridized carbons (Fsp3) is 0.286. The van der Waals surface area contributed by atoms with Crippen LogP contribution < -0.4 is 10.6 Å². The van der Waals surface area contributed by atoms with E-state index in [1.807, 2.05) is 17.5 Å². The van der Waals surface area contributed by atoms with Gasteiger partial charge >= 0.3 is 0 Å². The number of fused-ring (bicyclic) bond motifs is 1. The zero-order chi connectivity index (χ0) is 13.1. The van der Waals surface area contributed by atoms with E-state index in [0.29, 0.717) is 6.54 Å². The van der Waals surface area contributed by atoms with E-state index in [1.165, 1.54) is 5.56 Å². The minimum atomic E-state index is -0.0178. The van der Waals surface area contributed by atoms with Crippen LogP contribution in [0.1, 0.15) is 26.5 Å². The topological polar surface area (TPSA) is 54.0 Å². The second kappa shape index (κ2) is 5.50. The van der Waals surface area contributed by atoms with Crippen molar-refractivity contribution in [3.05, 3.63) is 51.5 Å². The molecule has 0 fully saturated rings. The average Bonchev–Trinajstić information content (AvgIpc) is 2.97. The van der Waals surface area contributed by atoms with Gasteiger partial charge in [0.25, 0.3) is 5.91 Å². The summed E-state index contributed by atoms with van der Waals surface area (Å²) in [7, 11) is 0. The molecule has 1 aliphatic heterocycles. The summed E-state index contributed by atoms with van der Waals surface area (Å²) in [5.41, 5.74) is 3.19. The Morgan fingerprint density at radius 3 is 3.26 bits per heavy atom. The van der Waals surface area contributed by atoms with Gasteiger partial charge in [-0.1, -0.05) is 12.1 Å². The lowest BCUT2D eigenvalue weighted by Crippen LogP contribution is -2.29. The number of carbonyl (C=O) groups is 1. The van der Waals surface area contributed by atoms with E-state index in [1.54, 1.807) is 17.5 Å². The highest BCUT2D eigenvalue weighted by molar-refractivity contribution is 7.09. The molecular weight excluding hydrogens is 258 g/mol. The minimum absolute atomic E-state index is 0.0178. The number of hydrogen-bond donors (Lipinski definition) is 2. The summed E-state index contributed by atoms with van der Waals surface area (Å²) in [4.78, 5) is 16.4. The van der Waals surface area contributed by atoms with Gasteiger partial charge in [0.2, 0.25) is 0 Å². The number of hydrogen-bond acceptors (Lipinski definition) is 4. The van der Waals surface area contributed by atoms with Gasteiger partial charge in [0.1, 0.15) is 5.01 Å². The van der Waals surface area contributed by atoms with E-state index in [4.69, 9.17) is 0 Å². The lowest BCUT2D eigenvalue weighted by Gasteiger charge is -2.19. The smallest absolute Gasteiger partial charge is 0.251 e. The minimum Gasteiger partial charge on any atom is -0.346 e. The van der Waals surface area contributed by atoms with Gasteiger partial charge in [-0.2, -0.15) is 0 Å². The molecule has 0 saturated carbocycles. The number of carbonyl (C=O) groups excluding carboxylic acids is 1. The molecule has 2 aromatic rings. The third-order valence-electron chi connectivity index (χ3n) is 3.27. The maximum absolute atomic E-state index is 12.2. The Morgan fingerprint density at radius 1 is 1.47 bits per heavy atom. The standard InChI is InChI=1S/C14H15N3OS/c18-14(17-9-13-16-6-7-19-13)11-3-1-2-10-4-5-15-8-12(10)11/h1-3,6-7,15H,4-5,8-9H2,(H,17,18). The lowest BCUT2D eigenvalue weighted by atomic mass is 9.95. The summed E-state index contributed by atoms with van der Waals surface area (Å²) in [5.74, 6) is -0.0178. The van der Waals surface area contributed by atoms with Crippen LogP contribution in [0, 0.1) is 0 Å². The fourth-order valence-electron chi connectivity index (χ4n) is 2.32. The Bertz CT molecular complexity index is 580.